The summed E-state index contributed by atoms with van der Waals surface area (Å²) in [4.78, 5) is 18.5. The molecule has 5 heteroatoms. The fourth-order valence-corrected chi connectivity index (χ4v) is 3.13. The average Bonchev–Trinajstić information content (AvgIpc) is 2.41. The highest BCUT2D eigenvalue weighted by Gasteiger charge is 2.29. The van der Waals surface area contributed by atoms with Gasteiger partial charge < -0.3 is 10.2 Å². The van der Waals surface area contributed by atoms with E-state index >= 15 is 0 Å². The third kappa shape index (κ3) is 2.61. The molecule has 0 saturated carbocycles. The highest BCUT2D eigenvalue weighted by atomic mass is 32.2. The molecule has 4 nitrogen and oxygen atoms in total. The largest absolute Gasteiger partial charge is 0.387 e. The molecule has 0 bridgehead atoms. The number of carbonyl (C=O) groups excluding carboxylic acids is 1. The van der Waals surface area contributed by atoms with Gasteiger partial charge in [-0.3, -0.25) is 4.79 Å². The highest BCUT2D eigenvalue weighted by Crippen LogP contribution is 2.25. The fourth-order valence-electron chi connectivity index (χ4n) is 2.04. The summed E-state index contributed by atoms with van der Waals surface area (Å²) in [6, 6.07) is 3.93. The maximum Gasteiger partial charge on any atom is 0.272 e. The Morgan fingerprint density at radius 2 is 2.28 bits per heavy atom. The van der Waals surface area contributed by atoms with E-state index in [2.05, 4.69) is 24.1 Å². The average molecular weight is 265 g/mol. The lowest BCUT2D eigenvalue weighted by molar-refractivity contribution is 0.0692. The van der Waals surface area contributed by atoms with Crippen LogP contribution < -0.4 is 5.32 Å². The number of amides is 1. The number of anilines is 1. The van der Waals surface area contributed by atoms with Gasteiger partial charge in [0.25, 0.3) is 5.91 Å². The molecule has 1 N–H and O–H groups in total. The highest BCUT2D eigenvalue weighted by molar-refractivity contribution is 8.00. The van der Waals surface area contributed by atoms with Crippen LogP contribution in [0.3, 0.4) is 0 Å². The SMILES string of the molecule is CNc1ccc(C(=O)N2CCSC(C)C2C)nc1. The van der Waals surface area contributed by atoms with Crippen LogP contribution in [0, 0.1) is 0 Å². The van der Waals surface area contributed by atoms with Gasteiger partial charge in [0.1, 0.15) is 5.69 Å². The Bertz CT molecular complexity index is 421. The van der Waals surface area contributed by atoms with E-state index in [0.717, 1.165) is 18.0 Å². The molecule has 2 atom stereocenters. The predicted octanol–water partition coefficient (Wildman–Crippen LogP) is 2.09. The normalized spacial score (nSPS) is 23.8. The molecule has 1 aromatic heterocycles. The molecule has 1 saturated heterocycles. The number of pyridine rings is 1. The Kier molecular flexibility index (Phi) is 4.11. The van der Waals surface area contributed by atoms with Crippen molar-refractivity contribution >= 4 is 23.4 Å². The number of aromatic nitrogens is 1. The topological polar surface area (TPSA) is 45.2 Å². The van der Waals surface area contributed by atoms with E-state index in [1.165, 1.54) is 0 Å². The minimum Gasteiger partial charge on any atom is -0.387 e. The Morgan fingerprint density at radius 1 is 1.50 bits per heavy atom. The van der Waals surface area contributed by atoms with Gasteiger partial charge in [0, 0.05) is 30.6 Å². The van der Waals surface area contributed by atoms with Crippen molar-refractivity contribution in [2.75, 3.05) is 24.7 Å². The molecule has 0 aliphatic carbocycles. The van der Waals surface area contributed by atoms with E-state index in [1.807, 2.05) is 29.8 Å². The summed E-state index contributed by atoms with van der Waals surface area (Å²) in [6.45, 7) is 5.09. The molecule has 2 rings (SSSR count). The predicted molar refractivity (Wildman–Crippen MR) is 76.2 cm³/mol. The van der Waals surface area contributed by atoms with E-state index in [-0.39, 0.29) is 11.9 Å². The van der Waals surface area contributed by atoms with Crippen LogP contribution in [0.5, 0.6) is 0 Å². The minimum absolute atomic E-state index is 0.0392. The summed E-state index contributed by atoms with van der Waals surface area (Å²) >= 11 is 1.92. The van der Waals surface area contributed by atoms with Gasteiger partial charge in [-0.05, 0) is 19.1 Å². The van der Waals surface area contributed by atoms with Crippen molar-refractivity contribution in [3.05, 3.63) is 24.0 Å². The van der Waals surface area contributed by atoms with Crippen LogP contribution in [-0.2, 0) is 0 Å². The van der Waals surface area contributed by atoms with Crippen LogP contribution >= 0.6 is 11.8 Å². The lowest BCUT2D eigenvalue weighted by atomic mass is 10.2. The number of hydrogen-bond acceptors (Lipinski definition) is 4. The first-order valence-electron chi connectivity index (χ1n) is 6.20. The summed E-state index contributed by atoms with van der Waals surface area (Å²) in [5, 5.41) is 3.48. The van der Waals surface area contributed by atoms with E-state index in [9.17, 15) is 4.79 Å². The second-order valence-corrected chi connectivity index (χ2v) is 5.98. The van der Waals surface area contributed by atoms with Gasteiger partial charge >= 0.3 is 0 Å². The van der Waals surface area contributed by atoms with E-state index in [0.29, 0.717) is 10.9 Å². The molecular formula is C13H19N3OS. The molecule has 2 heterocycles. The first-order valence-corrected chi connectivity index (χ1v) is 7.24. The zero-order valence-corrected chi connectivity index (χ0v) is 11.8. The molecule has 98 valence electrons. The summed E-state index contributed by atoms with van der Waals surface area (Å²) in [6.07, 6.45) is 1.69. The summed E-state index contributed by atoms with van der Waals surface area (Å²) in [5.74, 6) is 1.04. The van der Waals surface area contributed by atoms with Crippen molar-refractivity contribution in [3.8, 4) is 0 Å². The van der Waals surface area contributed by atoms with Crippen LogP contribution in [0.2, 0.25) is 0 Å². The first-order chi connectivity index (χ1) is 8.63. The van der Waals surface area contributed by atoms with Crippen molar-refractivity contribution in [1.29, 1.82) is 0 Å². The monoisotopic (exact) mass is 265 g/mol. The molecule has 2 unspecified atom stereocenters. The molecule has 0 radical (unpaired) electrons. The molecule has 1 amide bonds. The standard InChI is InChI=1S/C13H19N3OS/c1-9-10(2)18-7-6-16(9)13(17)12-5-4-11(14-3)8-15-12/h4-5,8-10,14H,6-7H2,1-3H3. The van der Waals surface area contributed by atoms with Crippen LogP contribution in [0.15, 0.2) is 18.3 Å². The number of thioether (sulfide) groups is 1. The van der Waals surface area contributed by atoms with Crippen LogP contribution in [-0.4, -0.2) is 46.4 Å². The summed E-state index contributed by atoms with van der Waals surface area (Å²) in [7, 11) is 1.84. The summed E-state index contributed by atoms with van der Waals surface area (Å²) < 4.78 is 0. The lowest BCUT2D eigenvalue weighted by Crippen LogP contribution is -2.48. The molecule has 0 spiro atoms. The lowest BCUT2D eigenvalue weighted by Gasteiger charge is -2.37. The molecule has 1 aliphatic rings. The molecule has 0 aromatic carbocycles. The van der Waals surface area contributed by atoms with Crippen LogP contribution in [0.4, 0.5) is 5.69 Å². The van der Waals surface area contributed by atoms with Gasteiger partial charge in [0.05, 0.1) is 11.9 Å². The Labute approximate surface area is 112 Å². The number of rotatable bonds is 2. The third-order valence-corrected chi connectivity index (χ3v) is 4.75. The number of hydrogen-bond donors (Lipinski definition) is 1. The van der Waals surface area contributed by atoms with Gasteiger partial charge in [0.2, 0.25) is 0 Å². The Morgan fingerprint density at radius 3 is 2.89 bits per heavy atom. The fraction of sp³-hybridized carbons (Fsp3) is 0.538. The molecule has 1 fully saturated rings. The smallest absolute Gasteiger partial charge is 0.272 e. The zero-order chi connectivity index (χ0) is 13.1. The second kappa shape index (κ2) is 5.61. The zero-order valence-electron chi connectivity index (χ0n) is 11.0. The number of nitrogens with one attached hydrogen (secondary N) is 1. The van der Waals surface area contributed by atoms with Crippen molar-refractivity contribution < 1.29 is 4.79 Å². The van der Waals surface area contributed by atoms with Crippen molar-refractivity contribution in [2.45, 2.75) is 25.1 Å². The van der Waals surface area contributed by atoms with Crippen molar-refractivity contribution in [1.82, 2.24) is 9.88 Å². The van der Waals surface area contributed by atoms with Crippen molar-refractivity contribution in [3.63, 3.8) is 0 Å². The van der Waals surface area contributed by atoms with Gasteiger partial charge in [-0.15, -0.1) is 0 Å². The first kappa shape index (κ1) is 13.2. The molecule has 1 aliphatic heterocycles. The number of nitrogens with zero attached hydrogens (tertiary/aromatic N) is 2. The van der Waals surface area contributed by atoms with Gasteiger partial charge in [-0.25, -0.2) is 4.98 Å². The van der Waals surface area contributed by atoms with E-state index in [4.69, 9.17) is 0 Å². The quantitative estimate of drug-likeness (QED) is 0.889. The minimum atomic E-state index is 0.0392. The molecular weight excluding hydrogens is 246 g/mol. The van der Waals surface area contributed by atoms with Gasteiger partial charge in [-0.1, -0.05) is 6.92 Å². The van der Waals surface area contributed by atoms with Crippen molar-refractivity contribution in [2.24, 2.45) is 0 Å². The maximum atomic E-state index is 12.4. The van der Waals surface area contributed by atoms with Gasteiger partial charge in [-0.2, -0.15) is 11.8 Å². The van der Waals surface area contributed by atoms with Crippen LogP contribution in [0.1, 0.15) is 24.3 Å². The van der Waals surface area contributed by atoms with E-state index < -0.39 is 0 Å². The molecule has 1 aromatic rings. The third-order valence-electron chi connectivity index (χ3n) is 3.42. The van der Waals surface area contributed by atoms with Crippen LogP contribution in [0.25, 0.3) is 0 Å². The Balaban J connectivity index is 2.14. The Hall–Kier alpha value is -1.23. The van der Waals surface area contributed by atoms with Gasteiger partial charge in [0.15, 0.2) is 0 Å². The van der Waals surface area contributed by atoms with E-state index in [1.54, 1.807) is 12.3 Å². The maximum absolute atomic E-state index is 12.4. The number of carbonyl (C=O) groups is 1. The second-order valence-electron chi connectivity index (χ2n) is 4.50. The molecule has 18 heavy (non-hydrogen) atoms. The summed E-state index contributed by atoms with van der Waals surface area (Å²) in [5.41, 5.74) is 1.45.